The molecule has 3 aliphatic carbocycles. The van der Waals surface area contributed by atoms with Gasteiger partial charge in [-0.2, -0.15) is 5.26 Å². The van der Waals surface area contributed by atoms with Crippen LogP contribution in [0.4, 0.5) is 0 Å². The minimum Gasteiger partial charge on any atom is -0.426 e. The summed E-state index contributed by atoms with van der Waals surface area (Å²) in [5, 5.41) is 8.86. The highest BCUT2D eigenvalue weighted by atomic mass is 16.5. The Bertz CT molecular complexity index is 711. The highest BCUT2D eigenvalue weighted by molar-refractivity contribution is 5.75. The Kier molecular flexibility index (Phi) is 6.04. The molecule has 0 amide bonds. The van der Waals surface area contributed by atoms with Crippen LogP contribution in [0.15, 0.2) is 24.3 Å². The Balaban J connectivity index is 1.25. The van der Waals surface area contributed by atoms with E-state index in [-0.39, 0.29) is 11.9 Å². The zero-order valence-electron chi connectivity index (χ0n) is 17.1. The lowest BCUT2D eigenvalue weighted by atomic mass is 9.61. The fourth-order valence-electron chi connectivity index (χ4n) is 6.21. The van der Waals surface area contributed by atoms with Crippen LogP contribution in [-0.2, 0) is 4.79 Å². The quantitative estimate of drug-likeness (QED) is 0.469. The summed E-state index contributed by atoms with van der Waals surface area (Å²) in [4.78, 5) is 12.5. The van der Waals surface area contributed by atoms with Gasteiger partial charge in [0, 0.05) is 0 Å². The summed E-state index contributed by atoms with van der Waals surface area (Å²) in [6, 6.07) is 8.91. The van der Waals surface area contributed by atoms with Gasteiger partial charge in [-0.15, -0.1) is 0 Å². The molecule has 0 bridgehead atoms. The average molecular weight is 380 g/mol. The smallest absolute Gasteiger partial charge is 0.314 e. The molecule has 3 aliphatic rings. The fourth-order valence-corrected chi connectivity index (χ4v) is 6.21. The van der Waals surface area contributed by atoms with Crippen molar-refractivity contribution in [1.29, 1.82) is 5.26 Å². The third-order valence-electron chi connectivity index (χ3n) is 7.89. The van der Waals surface area contributed by atoms with Gasteiger partial charge in [-0.3, -0.25) is 4.79 Å². The Morgan fingerprint density at radius 3 is 2.11 bits per heavy atom. The van der Waals surface area contributed by atoms with Gasteiger partial charge in [-0.05, 0) is 112 Å². The third-order valence-corrected chi connectivity index (χ3v) is 7.89. The molecule has 4 atom stereocenters. The zero-order valence-corrected chi connectivity index (χ0v) is 17.1. The van der Waals surface area contributed by atoms with Gasteiger partial charge in [0.05, 0.1) is 17.6 Å². The van der Waals surface area contributed by atoms with E-state index in [4.69, 9.17) is 10.00 Å². The number of esters is 1. The summed E-state index contributed by atoms with van der Waals surface area (Å²) in [7, 11) is 0. The van der Waals surface area contributed by atoms with Gasteiger partial charge in [0.1, 0.15) is 5.75 Å². The molecule has 3 saturated carbocycles. The fraction of sp³-hybridized carbons (Fsp3) is 0.680. The SMILES string of the molecule is CC1CCC2CC(C3CCC(C(=O)Oc4ccc(C#N)cc4)CC3)CCC2C1. The molecule has 0 heterocycles. The highest BCUT2D eigenvalue weighted by Gasteiger charge is 2.38. The number of fused-ring (bicyclic) bond motifs is 1. The van der Waals surface area contributed by atoms with Crippen molar-refractivity contribution in [2.75, 3.05) is 0 Å². The number of nitriles is 1. The predicted octanol–water partition coefficient (Wildman–Crippen LogP) is 6.12. The molecule has 1 aromatic carbocycles. The van der Waals surface area contributed by atoms with Crippen LogP contribution in [0, 0.1) is 46.8 Å². The molecule has 0 aromatic heterocycles. The van der Waals surface area contributed by atoms with E-state index in [2.05, 4.69) is 13.0 Å². The third kappa shape index (κ3) is 4.43. The van der Waals surface area contributed by atoms with Crippen molar-refractivity contribution in [3.8, 4) is 11.8 Å². The summed E-state index contributed by atoms with van der Waals surface area (Å²) in [5.41, 5.74) is 0.586. The molecule has 0 saturated heterocycles. The molecule has 3 heteroatoms. The lowest BCUT2D eigenvalue weighted by Crippen LogP contribution is -2.35. The van der Waals surface area contributed by atoms with Crippen LogP contribution in [0.2, 0.25) is 0 Å². The Labute approximate surface area is 169 Å². The van der Waals surface area contributed by atoms with E-state index in [1.54, 1.807) is 24.3 Å². The Morgan fingerprint density at radius 2 is 1.43 bits per heavy atom. The lowest BCUT2D eigenvalue weighted by Gasteiger charge is -2.44. The van der Waals surface area contributed by atoms with Gasteiger partial charge >= 0.3 is 5.97 Å². The summed E-state index contributed by atoms with van der Waals surface area (Å²) in [6.45, 7) is 2.43. The molecule has 3 nitrogen and oxygen atoms in total. The number of hydrogen-bond donors (Lipinski definition) is 0. The minimum absolute atomic E-state index is 0.0405. The maximum absolute atomic E-state index is 12.5. The van der Waals surface area contributed by atoms with E-state index < -0.39 is 0 Å². The molecule has 0 N–H and O–H groups in total. The van der Waals surface area contributed by atoms with Crippen molar-refractivity contribution in [1.82, 2.24) is 0 Å². The second-order valence-electron chi connectivity index (χ2n) is 9.68. The average Bonchev–Trinajstić information content (AvgIpc) is 2.74. The Morgan fingerprint density at radius 1 is 0.857 bits per heavy atom. The van der Waals surface area contributed by atoms with Crippen molar-refractivity contribution in [3.05, 3.63) is 29.8 Å². The van der Waals surface area contributed by atoms with Crippen LogP contribution < -0.4 is 4.74 Å². The van der Waals surface area contributed by atoms with Crippen LogP contribution in [0.3, 0.4) is 0 Å². The van der Waals surface area contributed by atoms with Crippen molar-refractivity contribution < 1.29 is 9.53 Å². The van der Waals surface area contributed by atoms with E-state index in [1.807, 2.05) is 0 Å². The molecular formula is C25H33NO2. The van der Waals surface area contributed by atoms with Crippen LogP contribution >= 0.6 is 0 Å². The maximum atomic E-state index is 12.5. The number of ether oxygens (including phenoxy) is 1. The Hall–Kier alpha value is -1.82. The first-order valence-corrected chi connectivity index (χ1v) is 11.3. The lowest BCUT2D eigenvalue weighted by molar-refractivity contribution is -0.140. The van der Waals surface area contributed by atoms with E-state index in [1.165, 1.54) is 51.4 Å². The monoisotopic (exact) mass is 379 g/mol. The van der Waals surface area contributed by atoms with Crippen LogP contribution in [0.5, 0.6) is 5.75 Å². The first-order chi connectivity index (χ1) is 13.6. The van der Waals surface area contributed by atoms with Crippen molar-refractivity contribution >= 4 is 5.97 Å². The normalized spacial score (nSPS) is 35.4. The minimum atomic E-state index is -0.0897. The van der Waals surface area contributed by atoms with Crippen LogP contribution in [-0.4, -0.2) is 5.97 Å². The number of hydrogen-bond acceptors (Lipinski definition) is 3. The summed E-state index contributed by atoms with van der Waals surface area (Å²) < 4.78 is 5.57. The number of carbonyl (C=O) groups is 1. The standard InChI is InChI=1S/C25H33NO2/c1-17-2-5-23-15-22(11-10-21(23)14-17)19-6-8-20(9-7-19)25(27)28-24-12-3-18(16-26)4-13-24/h3-4,12-13,17,19-23H,2,5-11,14-15H2,1H3. The van der Waals surface area contributed by atoms with Gasteiger partial charge in [0.15, 0.2) is 0 Å². The van der Waals surface area contributed by atoms with Gasteiger partial charge < -0.3 is 4.74 Å². The zero-order chi connectivity index (χ0) is 19.5. The molecule has 1 aromatic rings. The number of benzene rings is 1. The number of carbonyl (C=O) groups excluding carboxylic acids is 1. The summed E-state index contributed by atoms with van der Waals surface area (Å²) in [6.07, 6.45) is 13.0. The molecular weight excluding hydrogens is 346 g/mol. The second-order valence-corrected chi connectivity index (χ2v) is 9.68. The molecule has 0 aliphatic heterocycles. The second kappa shape index (κ2) is 8.68. The van der Waals surface area contributed by atoms with E-state index in [0.29, 0.717) is 11.3 Å². The number of rotatable bonds is 3. The molecule has 0 radical (unpaired) electrons. The van der Waals surface area contributed by atoms with E-state index >= 15 is 0 Å². The first-order valence-electron chi connectivity index (χ1n) is 11.3. The molecule has 4 unspecified atom stereocenters. The summed E-state index contributed by atoms with van der Waals surface area (Å²) in [5.74, 6) is 5.13. The van der Waals surface area contributed by atoms with Crippen molar-refractivity contribution in [3.63, 3.8) is 0 Å². The maximum Gasteiger partial charge on any atom is 0.314 e. The predicted molar refractivity (Wildman–Crippen MR) is 110 cm³/mol. The van der Waals surface area contributed by atoms with Crippen molar-refractivity contribution in [2.45, 2.75) is 71.1 Å². The first kappa shape index (κ1) is 19.5. The highest BCUT2D eigenvalue weighted by Crippen LogP contribution is 2.49. The van der Waals surface area contributed by atoms with Gasteiger partial charge in [-0.1, -0.05) is 13.3 Å². The summed E-state index contributed by atoms with van der Waals surface area (Å²) >= 11 is 0. The molecule has 28 heavy (non-hydrogen) atoms. The molecule has 0 spiro atoms. The molecule has 3 fully saturated rings. The number of nitrogens with zero attached hydrogens (tertiary/aromatic N) is 1. The molecule has 150 valence electrons. The van der Waals surface area contributed by atoms with Crippen LogP contribution in [0.1, 0.15) is 76.7 Å². The van der Waals surface area contributed by atoms with Gasteiger partial charge in [0.25, 0.3) is 0 Å². The van der Waals surface area contributed by atoms with E-state index in [0.717, 1.165) is 42.4 Å². The molecule has 4 rings (SSSR count). The van der Waals surface area contributed by atoms with Crippen LogP contribution in [0.25, 0.3) is 0 Å². The van der Waals surface area contributed by atoms with E-state index in [9.17, 15) is 4.79 Å². The van der Waals surface area contributed by atoms with Crippen molar-refractivity contribution in [2.24, 2.45) is 35.5 Å². The topological polar surface area (TPSA) is 50.1 Å². The largest absolute Gasteiger partial charge is 0.426 e. The van der Waals surface area contributed by atoms with Gasteiger partial charge in [0.2, 0.25) is 0 Å². The van der Waals surface area contributed by atoms with Gasteiger partial charge in [-0.25, -0.2) is 0 Å².